The molecule has 1 aromatic rings. The van der Waals surface area contributed by atoms with Crippen LogP contribution in [0.15, 0.2) is 42.3 Å². The highest BCUT2D eigenvalue weighted by atomic mass is 33.1. The molecule has 0 aliphatic carbocycles. The Hall–Kier alpha value is -0.650. The van der Waals surface area contributed by atoms with Crippen LogP contribution in [0.4, 0.5) is 0 Å². The molecule has 0 aliphatic rings. The molecule has 0 N–H and O–H groups in total. The fraction of sp³-hybridized carbons (Fsp3) is 0.364. The first-order valence-corrected chi connectivity index (χ1v) is 7.26. The van der Waals surface area contributed by atoms with Crippen molar-refractivity contribution in [2.75, 3.05) is 25.6 Å². The van der Waals surface area contributed by atoms with E-state index in [2.05, 4.69) is 11.6 Å². The second-order valence-electron chi connectivity index (χ2n) is 2.72. The van der Waals surface area contributed by atoms with E-state index in [0.29, 0.717) is 13.2 Å². The standard InChI is InChI=1S/C11H15NO2S2/c1-2-13-7-8-14-9-10-15-16-11-5-3-4-6-12-11/h2-6H,1,7-10H2. The van der Waals surface area contributed by atoms with Crippen LogP contribution < -0.4 is 0 Å². The van der Waals surface area contributed by atoms with E-state index in [1.807, 2.05) is 18.2 Å². The number of ether oxygens (including phenoxy) is 2. The maximum atomic E-state index is 5.35. The Morgan fingerprint density at radius 2 is 2.25 bits per heavy atom. The molecule has 0 radical (unpaired) electrons. The molecule has 0 amide bonds. The molecular weight excluding hydrogens is 242 g/mol. The largest absolute Gasteiger partial charge is 0.499 e. The minimum absolute atomic E-state index is 0.571. The summed E-state index contributed by atoms with van der Waals surface area (Å²) in [7, 11) is 3.41. The predicted molar refractivity (Wildman–Crippen MR) is 69.5 cm³/mol. The summed E-state index contributed by atoms with van der Waals surface area (Å²) in [4.78, 5) is 4.21. The van der Waals surface area contributed by atoms with Gasteiger partial charge < -0.3 is 9.47 Å². The number of hydrogen-bond acceptors (Lipinski definition) is 5. The lowest BCUT2D eigenvalue weighted by atomic mass is 10.5. The molecule has 0 spiro atoms. The summed E-state index contributed by atoms with van der Waals surface area (Å²) in [6.45, 7) is 5.36. The first-order valence-electron chi connectivity index (χ1n) is 4.94. The Morgan fingerprint density at radius 3 is 3.00 bits per heavy atom. The van der Waals surface area contributed by atoms with Crippen molar-refractivity contribution in [1.82, 2.24) is 4.98 Å². The Balaban J connectivity index is 1.90. The van der Waals surface area contributed by atoms with E-state index in [4.69, 9.17) is 9.47 Å². The average Bonchev–Trinajstić information content (AvgIpc) is 2.34. The highest BCUT2D eigenvalue weighted by molar-refractivity contribution is 8.76. The van der Waals surface area contributed by atoms with Gasteiger partial charge in [0.1, 0.15) is 11.6 Å². The summed E-state index contributed by atoms with van der Waals surface area (Å²) in [6.07, 6.45) is 3.22. The van der Waals surface area contributed by atoms with E-state index in [9.17, 15) is 0 Å². The van der Waals surface area contributed by atoms with Crippen molar-refractivity contribution in [3.63, 3.8) is 0 Å². The molecule has 1 aromatic heterocycles. The van der Waals surface area contributed by atoms with Crippen LogP contribution in [0.2, 0.25) is 0 Å². The first-order chi connectivity index (χ1) is 7.93. The summed E-state index contributed by atoms with van der Waals surface area (Å²) in [5, 5.41) is 1.03. The van der Waals surface area contributed by atoms with Gasteiger partial charge in [0, 0.05) is 11.9 Å². The van der Waals surface area contributed by atoms with E-state index >= 15 is 0 Å². The summed E-state index contributed by atoms with van der Waals surface area (Å²) in [6, 6.07) is 5.90. The van der Waals surface area contributed by atoms with Crippen LogP contribution in [0.3, 0.4) is 0 Å². The van der Waals surface area contributed by atoms with Gasteiger partial charge in [-0.15, -0.1) is 0 Å². The molecule has 0 fully saturated rings. The van der Waals surface area contributed by atoms with Crippen LogP contribution in [-0.4, -0.2) is 30.6 Å². The third kappa shape index (κ3) is 6.76. The van der Waals surface area contributed by atoms with Crippen LogP contribution in [0.1, 0.15) is 0 Å². The van der Waals surface area contributed by atoms with Gasteiger partial charge in [0.25, 0.3) is 0 Å². The molecule has 0 aliphatic heterocycles. The van der Waals surface area contributed by atoms with Gasteiger partial charge in [-0.3, -0.25) is 0 Å². The number of pyridine rings is 1. The highest BCUT2D eigenvalue weighted by Gasteiger charge is 1.95. The molecule has 0 bridgehead atoms. The molecule has 0 saturated heterocycles. The third-order valence-electron chi connectivity index (χ3n) is 1.56. The van der Waals surface area contributed by atoms with Crippen molar-refractivity contribution < 1.29 is 9.47 Å². The molecular formula is C11H15NO2S2. The summed E-state index contributed by atoms with van der Waals surface area (Å²) < 4.78 is 10.3. The van der Waals surface area contributed by atoms with Crippen molar-refractivity contribution >= 4 is 21.6 Å². The molecule has 5 heteroatoms. The topological polar surface area (TPSA) is 31.4 Å². The molecule has 0 unspecified atom stereocenters. The van der Waals surface area contributed by atoms with Crippen LogP contribution in [0.25, 0.3) is 0 Å². The Bertz CT molecular complexity index is 283. The monoisotopic (exact) mass is 257 g/mol. The van der Waals surface area contributed by atoms with E-state index in [0.717, 1.165) is 17.4 Å². The fourth-order valence-electron chi connectivity index (χ4n) is 0.884. The SMILES string of the molecule is C=COCCOCCSSc1ccccn1. The van der Waals surface area contributed by atoms with Crippen LogP contribution in [0, 0.1) is 0 Å². The number of rotatable bonds is 9. The van der Waals surface area contributed by atoms with Crippen molar-refractivity contribution in [3.05, 3.63) is 37.2 Å². The van der Waals surface area contributed by atoms with Gasteiger partial charge in [-0.05, 0) is 22.9 Å². The van der Waals surface area contributed by atoms with Gasteiger partial charge in [0.15, 0.2) is 0 Å². The highest BCUT2D eigenvalue weighted by Crippen LogP contribution is 2.28. The van der Waals surface area contributed by atoms with Gasteiger partial charge >= 0.3 is 0 Å². The minimum atomic E-state index is 0.571. The van der Waals surface area contributed by atoms with Crippen molar-refractivity contribution in [2.24, 2.45) is 0 Å². The van der Waals surface area contributed by atoms with Crippen molar-refractivity contribution in [3.8, 4) is 0 Å². The quantitative estimate of drug-likeness (QED) is 0.386. The molecule has 1 rings (SSSR count). The van der Waals surface area contributed by atoms with E-state index in [1.54, 1.807) is 27.8 Å². The lowest BCUT2D eigenvalue weighted by Crippen LogP contribution is -2.03. The molecule has 0 atom stereocenters. The Morgan fingerprint density at radius 1 is 1.31 bits per heavy atom. The number of nitrogens with zero attached hydrogens (tertiary/aromatic N) is 1. The molecule has 3 nitrogen and oxygen atoms in total. The number of hydrogen-bond donors (Lipinski definition) is 0. The summed E-state index contributed by atoms with van der Waals surface area (Å²) in [5.41, 5.74) is 0. The minimum Gasteiger partial charge on any atom is -0.499 e. The molecule has 0 aromatic carbocycles. The van der Waals surface area contributed by atoms with Gasteiger partial charge in [0.2, 0.25) is 0 Å². The van der Waals surface area contributed by atoms with E-state index < -0.39 is 0 Å². The van der Waals surface area contributed by atoms with Crippen molar-refractivity contribution in [2.45, 2.75) is 5.03 Å². The summed E-state index contributed by atoms with van der Waals surface area (Å²) >= 11 is 0. The predicted octanol–water partition coefficient (Wildman–Crippen LogP) is 3.00. The zero-order valence-electron chi connectivity index (χ0n) is 9.00. The first kappa shape index (κ1) is 13.4. The van der Waals surface area contributed by atoms with Gasteiger partial charge in [-0.25, -0.2) is 4.98 Å². The normalized spacial score (nSPS) is 10.0. The molecule has 1 heterocycles. The van der Waals surface area contributed by atoms with Gasteiger partial charge in [-0.2, -0.15) is 0 Å². The van der Waals surface area contributed by atoms with Crippen LogP contribution in [-0.2, 0) is 9.47 Å². The Kier molecular flexibility index (Phi) is 8.02. The molecule has 0 saturated carbocycles. The van der Waals surface area contributed by atoms with Crippen molar-refractivity contribution in [1.29, 1.82) is 0 Å². The average molecular weight is 257 g/mol. The van der Waals surface area contributed by atoms with Gasteiger partial charge in [-0.1, -0.05) is 23.4 Å². The second kappa shape index (κ2) is 9.57. The third-order valence-corrected chi connectivity index (χ3v) is 3.79. The lowest BCUT2D eigenvalue weighted by molar-refractivity contribution is 0.0952. The molecule has 88 valence electrons. The van der Waals surface area contributed by atoms with Crippen LogP contribution >= 0.6 is 21.6 Å². The molecule has 16 heavy (non-hydrogen) atoms. The van der Waals surface area contributed by atoms with Crippen LogP contribution in [0.5, 0.6) is 0 Å². The smallest absolute Gasteiger partial charge is 0.111 e. The van der Waals surface area contributed by atoms with E-state index in [-0.39, 0.29) is 0 Å². The number of aromatic nitrogens is 1. The summed E-state index contributed by atoms with van der Waals surface area (Å²) in [5.74, 6) is 0.940. The second-order valence-corrected chi connectivity index (χ2v) is 5.16. The fourth-order valence-corrected chi connectivity index (χ4v) is 2.62. The lowest BCUT2D eigenvalue weighted by Gasteiger charge is -2.03. The zero-order valence-corrected chi connectivity index (χ0v) is 10.6. The van der Waals surface area contributed by atoms with E-state index in [1.165, 1.54) is 6.26 Å². The maximum Gasteiger partial charge on any atom is 0.111 e. The zero-order chi connectivity index (χ0) is 11.5. The maximum absolute atomic E-state index is 5.35. The Labute approximate surface area is 104 Å². The van der Waals surface area contributed by atoms with Gasteiger partial charge in [0.05, 0.1) is 19.5 Å².